The van der Waals surface area contributed by atoms with Crippen molar-refractivity contribution in [3.63, 3.8) is 0 Å². The molecule has 0 amide bonds. The zero-order valence-corrected chi connectivity index (χ0v) is 12.3. The molecule has 1 heterocycles. The molecule has 1 fully saturated rings. The molecule has 1 aromatic carbocycles. The zero-order valence-electron chi connectivity index (χ0n) is 12.3. The van der Waals surface area contributed by atoms with Crippen molar-refractivity contribution >= 4 is 5.78 Å². The number of ketones is 1. The van der Waals surface area contributed by atoms with Crippen LogP contribution in [0.2, 0.25) is 0 Å². The molecule has 1 atom stereocenters. The normalized spacial score (nSPS) is 18.1. The van der Waals surface area contributed by atoms with Crippen LogP contribution >= 0.6 is 0 Å². The molecule has 1 saturated heterocycles. The molecule has 1 unspecified atom stereocenters. The third-order valence-electron chi connectivity index (χ3n) is 3.88. The van der Waals surface area contributed by atoms with Crippen LogP contribution in [0.3, 0.4) is 0 Å². The van der Waals surface area contributed by atoms with Crippen molar-refractivity contribution in [3.8, 4) is 5.75 Å². The molecule has 0 aromatic heterocycles. The minimum Gasteiger partial charge on any atom is -0.496 e. The van der Waals surface area contributed by atoms with Crippen molar-refractivity contribution in [1.82, 2.24) is 4.90 Å². The first kappa shape index (κ1) is 15.0. The van der Waals surface area contributed by atoms with Gasteiger partial charge in [0.25, 0.3) is 0 Å². The minimum atomic E-state index is -0.525. The van der Waals surface area contributed by atoms with Gasteiger partial charge in [0.05, 0.1) is 13.2 Å². The van der Waals surface area contributed by atoms with E-state index >= 15 is 0 Å². The summed E-state index contributed by atoms with van der Waals surface area (Å²) in [6, 6.07) is 5.85. The number of carbonyl (C=O) groups excluding carboxylic acids is 1. The van der Waals surface area contributed by atoms with Gasteiger partial charge in [-0.2, -0.15) is 0 Å². The monoisotopic (exact) mass is 277 g/mol. The predicted molar refractivity (Wildman–Crippen MR) is 78.0 cm³/mol. The van der Waals surface area contributed by atoms with Crippen molar-refractivity contribution < 1.29 is 14.6 Å². The third kappa shape index (κ3) is 3.81. The minimum absolute atomic E-state index is 0.349. The van der Waals surface area contributed by atoms with Gasteiger partial charge >= 0.3 is 0 Å². The van der Waals surface area contributed by atoms with Gasteiger partial charge < -0.3 is 14.7 Å². The van der Waals surface area contributed by atoms with Gasteiger partial charge in [-0.25, -0.2) is 0 Å². The van der Waals surface area contributed by atoms with E-state index in [4.69, 9.17) is 4.74 Å². The summed E-state index contributed by atoms with van der Waals surface area (Å²) in [5.74, 6) is 1.08. The summed E-state index contributed by atoms with van der Waals surface area (Å²) in [5, 5.41) is 10.4. The maximum Gasteiger partial charge on any atom is 0.135 e. The average molecular weight is 277 g/mol. The number of rotatable bonds is 5. The fourth-order valence-corrected chi connectivity index (χ4v) is 2.60. The number of Topliss-reactive ketones (excluding diaryl/α,β-unsaturated/α-hetero) is 1. The van der Waals surface area contributed by atoms with Gasteiger partial charge in [0.15, 0.2) is 0 Å². The van der Waals surface area contributed by atoms with Gasteiger partial charge in [0.1, 0.15) is 11.5 Å². The van der Waals surface area contributed by atoms with E-state index in [1.165, 1.54) is 0 Å². The van der Waals surface area contributed by atoms with Crippen LogP contribution in [-0.4, -0.2) is 42.5 Å². The Hall–Kier alpha value is -1.39. The van der Waals surface area contributed by atoms with Crippen LogP contribution in [0.15, 0.2) is 18.2 Å². The van der Waals surface area contributed by atoms with Crippen LogP contribution in [0, 0.1) is 6.92 Å². The van der Waals surface area contributed by atoms with Crippen molar-refractivity contribution in [2.75, 3.05) is 26.7 Å². The maximum absolute atomic E-state index is 11.2. The van der Waals surface area contributed by atoms with Gasteiger partial charge in [-0.05, 0) is 25.5 Å². The van der Waals surface area contributed by atoms with E-state index in [9.17, 15) is 9.90 Å². The predicted octanol–water partition coefficient (Wildman–Crippen LogP) is 2.09. The highest BCUT2D eigenvalue weighted by Crippen LogP contribution is 2.28. The number of methoxy groups -OCH3 is 1. The summed E-state index contributed by atoms with van der Waals surface area (Å²) in [4.78, 5) is 13.4. The first-order valence-corrected chi connectivity index (χ1v) is 7.17. The number of hydrogen-bond donors (Lipinski definition) is 1. The summed E-state index contributed by atoms with van der Waals surface area (Å²) >= 11 is 0. The quantitative estimate of drug-likeness (QED) is 0.895. The van der Waals surface area contributed by atoms with Crippen LogP contribution in [-0.2, 0) is 4.79 Å². The molecule has 4 heteroatoms. The number of likely N-dealkylation sites (tertiary alicyclic amines) is 1. The van der Waals surface area contributed by atoms with E-state index in [1.54, 1.807) is 7.11 Å². The fraction of sp³-hybridized carbons (Fsp3) is 0.562. The number of hydrogen-bond acceptors (Lipinski definition) is 4. The number of nitrogens with zero attached hydrogens (tertiary/aromatic N) is 1. The summed E-state index contributed by atoms with van der Waals surface area (Å²) in [6.07, 6.45) is 1.42. The van der Waals surface area contributed by atoms with Crippen molar-refractivity contribution in [2.24, 2.45) is 0 Å². The summed E-state index contributed by atoms with van der Waals surface area (Å²) in [7, 11) is 1.62. The summed E-state index contributed by atoms with van der Waals surface area (Å²) < 4.78 is 5.31. The lowest BCUT2D eigenvalue weighted by Crippen LogP contribution is -2.35. The zero-order chi connectivity index (χ0) is 14.5. The van der Waals surface area contributed by atoms with Gasteiger partial charge in [0, 0.05) is 38.0 Å². The molecular weight excluding hydrogens is 254 g/mol. The highest BCUT2D eigenvalue weighted by atomic mass is 16.5. The first-order valence-electron chi connectivity index (χ1n) is 7.17. The number of aliphatic hydroxyl groups excluding tert-OH is 1. The molecular formula is C16H23NO3. The number of ether oxygens (including phenoxy) is 1. The fourth-order valence-electron chi connectivity index (χ4n) is 2.60. The smallest absolute Gasteiger partial charge is 0.135 e. The number of benzene rings is 1. The lowest BCUT2D eigenvalue weighted by atomic mass is 10.0. The molecule has 0 saturated carbocycles. The Labute approximate surface area is 120 Å². The van der Waals surface area contributed by atoms with E-state index < -0.39 is 6.10 Å². The summed E-state index contributed by atoms with van der Waals surface area (Å²) in [6.45, 7) is 4.45. The molecule has 1 N–H and O–H groups in total. The largest absolute Gasteiger partial charge is 0.496 e. The van der Waals surface area contributed by atoms with E-state index in [0.717, 1.165) is 36.5 Å². The molecule has 1 aromatic rings. The molecule has 0 radical (unpaired) electrons. The Kier molecular flexibility index (Phi) is 5.15. The van der Waals surface area contributed by atoms with Crippen LogP contribution in [0.1, 0.15) is 36.5 Å². The number of aliphatic hydroxyl groups is 1. The molecule has 110 valence electrons. The molecule has 4 nitrogen and oxygen atoms in total. The average Bonchev–Trinajstić information content (AvgIpc) is 2.46. The van der Waals surface area contributed by atoms with E-state index in [0.29, 0.717) is 25.0 Å². The van der Waals surface area contributed by atoms with Gasteiger partial charge in [-0.3, -0.25) is 4.79 Å². The Bertz CT molecular complexity index is 463. The first-order chi connectivity index (χ1) is 9.60. The van der Waals surface area contributed by atoms with Crippen LogP contribution in [0.4, 0.5) is 0 Å². The Morgan fingerprint density at radius 3 is 2.70 bits per heavy atom. The van der Waals surface area contributed by atoms with E-state index in [-0.39, 0.29) is 0 Å². The summed E-state index contributed by atoms with van der Waals surface area (Å²) in [5.41, 5.74) is 1.96. The molecule has 2 rings (SSSR count). The molecule has 1 aliphatic heterocycles. The number of aryl methyl sites for hydroxylation is 1. The van der Waals surface area contributed by atoms with Gasteiger partial charge in [-0.1, -0.05) is 11.6 Å². The number of piperidine rings is 1. The van der Waals surface area contributed by atoms with E-state index in [1.807, 2.05) is 25.1 Å². The van der Waals surface area contributed by atoms with Gasteiger partial charge in [-0.15, -0.1) is 0 Å². The second kappa shape index (κ2) is 6.86. The highest BCUT2D eigenvalue weighted by molar-refractivity contribution is 5.79. The molecule has 1 aliphatic rings. The highest BCUT2D eigenvalue weighted by Gasteiger charge is 2.19. The lowest BCUT2D eigenvalue weighted by Gasteiger charge is -2.27. The topological polar surface area (TPSA) is 49.8 Å². The van der Waals surface area contributed by atoms with Crippen molar-refractivity contribution in [1.29, 1.82) is 0 Å². The van der Waals surface area contributed by atoms with Crippen LogP contribution in [0.25, 0.3) is 0 Å². The van der Waals surface area contributed by atoms with Crippen LogP contribution < -0.4 is 4.74 Å². The molecule has 0 spiro atoms. The number of carbonyl (C=O) groups is 1. The second-order valence-electron chi connectivity index (χ2n) is 5.43. The Balaban J connectivity index is 1.93. The van der Waals surface area contributed by atoms with E-state index in [2.05, 4.69) is 4.90 Å². The maximum atomic E-state index is 11.2. The van der Waals surface area contributed by atoms with Crippen LogP contribution in [0.5, 0.6) is 5.75 Å². The van der Waals surface area contributed by atoms with Crippen molar-refractivity contribution in [2.45, 2.75) is 32.3 Å². The molecule has 20 heavy (non-hydrogen) atoms. The molecule has 0 aliphatic carbocycles. The van der Waals surface area contributed by atoms with Gasteiger partial charge in [0.2, 0.25) is 0 Å². The lowest BCUT2D eigenvalue weighted by molar-refractivity contribution is -0.121. The molecule has 0 bridgehead atoms. The second-order valence-corrected chi connectivity index (χ2v) is 5.43. The van der Waals surface area contributed by atoms with Crippen molar-refractivity contribution in [3.05, 3.63) is 29.3 Å². The standard InChI is InChI=1S/C16H23NO3/c1-12-3-4-16(20-2)14(11-12)15(19)7-10-17-8-5-13(18)6-9-17/h3-4,11,15,19H,5-10H2,1-2H3. The SMILES string of the molecule is COc1ccc(C)cc1C(O)CCN1CCC(=O)CC1. The Morgan fingerprint density at radius 2 is 2.05 bits per heavy atom. The Morgan fingerprint density at radius 1 is 1.35 bits per heavy atom. The third-order valence-corrected chi connectivity index (χ3v) is 3.88.